The van der Waals surface area contributed by atoms with E-state index in [1.54, 1.807) is 0 Å². The molecule has 0 bridgehead atoms. The summed E-state index contributed by atoms with van der Waals surface area (Å²) >= 11 is 0. The third kappa shape index (κ3) is 3.95. The number of Topliss-reactive ketones (excluding diaryl/α,β-unsaturated/α-hetero) is 1. The van der Waals surface area contributed by atoms with Gasteiger partial charge in [-0.05, 0) is 6.92 Å². The third-order valence-corrected chi connectivity index (χ3v) is 3.12. The summed E-state index contributed by atoms with van der Waals surface area (Å²) in [6, 6.07) is -0.972. The number of carbonyl (C=O) groups excluding carboxylic acids is 2. The highest BCUT2D eigenvalue weighted by atomic mass is 16.6. The molecule has 0 aromatic rings. The van der Waals surface area contributed by atoms with Gasteiger partial charge in [-0.15, -0.1) is 0 Å². The fourth-order valence-electron chi connectivity index (χ4n) is 1.78. The number of ether oxygens (including phenoxy) is 1. The Balaban J connectivity index is 2.61. The molecule has 116 valence electrons. The van der Waals surface area contributed by atoms with Crippen LogP contribution in [-0.4, -0.2) is 75.4 Å². The zero-order chi connectivity index (χ0) is 15.4. The van der Waals surface area contributed by atoms with Crippen LogP contribution in [0.15, 0.2) is 0 Å². The molecule has 0 aliphatic carbocycles. The van der Waals surface area contributed by atoms with E-state index in [1.165, 1.54) is 6.92 Å². The molecule has 9 heteroatoms. The summed E-state index contributed by atoms with van der Waals surface area (Å²) in [6.07, 6.45) is -7.36. The lowest BCUT2D eigenvalue weighted by atomic mass is 9.98. The van der Waals surface area contributed by atoms with Gasteiger partial charge in [-0.25, -0.2) is 0 Å². The number of hydrogen-bond acceptors (Lipinski definition) is 8. The lowest BCUT2D eigenvalue weighted by molar-refractivity contribution is -0.236. The average Bonchev–Trinajstić information content (AvgIpc) is 2.39. The van der Waals surface area contributed by atoms with Gasteiger partial charge in [-0.2, -0.15) is 0 Å². The van der Waals surface area contributed by atoms with Crippen molar-refractivity contribution >= 4 is 11.7 Å². The van der Waals surface area contributed by atoms with Crippen LogP contribution in [-0.2, 0) is 14.3 Å². The van der Waals surface area contributed by atoms with Crippen LogP contribution in [0.25, 0.3) is 0 Å². The average molecular weight is 292 g/mol. The molecule has 1 rings (SSSR count). The number of rotatable bonds is 5. The molecule has 1 amide bonds. The SMILES string of the molecule is CC(=O)C(N)CC(=O)N[C@@H]1OC(CO)[C@@H](O)C(O)[C@@H]1O. The van der Waals surface area contributed by atoms with E-state index in [0.717, 1.165) is 0 Å². The number of aliphatic hydroxyl groups excluding tert-OH is 4. The van der Waals surface area contributed by atoms with Crippen molar-refractivity contribution < 1.29 is 34.8 Å². The highest BCUT2D eigenvalue weighted by molar-refractivity contribution is 5.88. The van der Waals surface area contributed by atoms with Gasteiger partial charge in [-0.3, -0.25) is 9.59 Å². The molecule has 9 nitrogen and oxygen atoms in total. The monoisotopic (exact) mass is 292 g/mol. The van der Waals surface area contributed by atoms with Crippen LogP contribution in [0.1, 0.15) is 13.3 Å². The maximum Gasteiger partial charge on any atom is 0.224 e. The summed E-state index contributed by atoms with van der Waals surface area (Å²) < 4.78 is 5.08. The molecule has 1 fully saturated rings. The van der Waals surface area contributed by atoms with Gasteiger partial charge in [-0.1, -0.05) is 0 Å². The number of aliphatic hydroxyl groups is 4. The fraction of sp³-hybridized carbons (Fsp3) is 0.818. The highest BCUT2D eigenvalue weighted by Crippen LogP contribution is 2.19. The van der Waals surface area contributed by atoms with Gasteiger partial charge < -0.3 is 36.2 Å². The Hall–Kier alpha value is -1.10. The van der Waals surface area contributed by atoms with Gasteiger partial charge in [0.25, 0.3) is 0 Å². The van der Waals surface area contributed by atoms with E-state index in [-0.39, 0.29) is 12.2 Å². The summed E-state index contributed by atoms with van der Waals surface area (Å²) in [5, 5.41) is 40.0. The molecule has 0 radical (unpaired) electrons. The summed E-state index contributed by atoms with van der Waals surface area (Å²) in [6.45, 7) is 0.649. The number of nitrogens with two attached hydrogens (primary N) is 1. The highest BCUT2D eigenvalue weighted by Gasteiger charge is 2.43. The van der Waals surface area contributed by atoms with Crippen LogP contribution in [0.2, 0.25) is 0 Å². The van der Waals surface area contributed by atoms with E-state index in [9.17, 15) is 24.9 Å². The minimum absolute atomic E-state index is 0.301. The second kappa shape index (κ2) is 7.07. The van der Waals surface area contributed by atoms with Crippen LogP contribution in [0, 0.1) is 0 Å². The molecule has 1 heterocycles. The van der Waals surface area contributed by atoms with E-state index in [2.05, 4.69) is 5.32 Å². The zero-order valence-corrected chi connectivity index (χ0v) is 11.0. The van der Waals surface area contributed by atoms with Gasteiger partial charge in [0.05, 0.1) is 12.6 Å². The van der Waals surface area contributed by atoms with Gasteiger partial charge in [0.1, 0.15) is 30.2 Å². The molecule has 20 heavy (non-hydrogen) atoms. The minimum atomic E-state index is -1.58. The predicted molar refractivity (Wildman–Crippen MR) is 65.2 cm³/mol. The molecule has 0 saturated carbocycles. The number of ketones is 1. The summed E-state index contributed by atoms with van der Waals surface area (Å²) in [4.78, 5) is 22.6. The molecule has 1 aliphatic heterocycles. The Morgan fingerprint density at radius 2 is 1.85 bits per heavy atom. The van der Waals surface area contributed by atoms with Crippen LogP contribution < -0.4 is 11.1 Å². The van der Waals surface area contributed by atoms with Crippen molar-refractivity contribution in [2.45, 2.75) is 50.0 Å². The van der Waals surface area contributed by atoms with Gasteiger partial charge in [0.15, 0.2) is 6.23 Å². The first-order valence-electron chi connectivity index (χ1n) is 6.13. The second-order valence-corrected chi connectivity index (χ2v) is 4.74. The number of hydrogen-bond donors (Lipinski definition) is 6. The Morgan fingerprint density at radius 1 is 1.25 bits per heavy atom. The quantitative estimate of drug-likeness (QED) is 0.300. The summed E-state index contributed by atoms with van der Waals surface area (Å²) in [7, 11) is 0. The lowest BCUT2D eigenvalue weighted by Crippen LogP contribution is -2.63. The molecular weight excluding hydrogens is 272 g/mol. The molecular formula is C11H20N2O7. The Labute approximate surface area is 115 Å². The maximum absolute atomic E-state index is 11.6. The van der Waals surface area contributed by atoms with Gasteiger partial charge >= 0.3 is 0 Å². The van der Waals surface area contributed by atoms with Gasteiger partial charge in [0.2, 0.25) is 5.91 Å². The normalized spacial score (nSPS) is 35.4. The standard InChI is InChI=1S/C11H20N2O7/c1-4(15)5(12)2-7(16)13-11-10(19)9(18)8(17)6(3-14)20-11/h5-6,8-11,14,17-19H,2-3,12H2,1H3,(H,13,16)/t5?,6?,8-,9?,10+,11-/m1/s1. The molecule has 3 unspecified atom stereocenters. The van der Waals surface area contributed by atoms with Crippen molar-refractivity contribution in [2.24, 2.45) is 5.73 Å². The predicted octanol–water partition coefficient (Wildman–Crippen LogP) is -3.79. The molecule has 1 aliphatic rings. The van der Waals surface area contributed by atoms with E-state index in [1.807, 2.05) is 0 Å². The Bertz CT molecular complexity index is 363. The van der Waals surface area contributed by atoms with Gasteiger partial charge in [0, 0.05) is 6.42 Å². The molecule has 0 aromatic heterocycles. The maximum atomic E-state index is 11.6. The third-order valence-electron chi connectivity index (χ3n) is 3.12. The molecule has 0 spiro atoms. The lowest BCUT2D eigenvalue weighted by Gasteiger charge is -2.40. The van der Waals surface area contributed by atoms with Crippen molar-refractivity contribution in [1.82, 2.24) is 5.32 Å². The number of amides is 1. The van der Waals surface area contributed by atoms with Crippen molar-refractivity contribution in [3.8, 4) is 0 Å². The van der Waals surface area contributed by atoms with E-state index in [4.69, 9.17) is 15.6 Å². The fourth-order valence-corrected chi connectivity index (χ4v) is 1.78. The summed E-state index contributed by atoms with van der Waals surface area (Å²) in [5.74, 6) is -1.02. The first kappa shape index (κ1) is 17.0. The Morgan fingerprint density at radius 3 is 2.35 bits per heavy atom. The van der Waals surface area contributed by atoms with Crippen molar-refractivity contribution in [2.75, 3.05) is 6.61 Å². The second-order valence-electron chi connectivity index (χ2n) is 4.74. The molecule has 1 saturated heterocycles. The van der Waals surface area contributed by atoms with Crippen LogP contribution in [0.5, 0.6) is 0 Å². The molecule has 7 N–H and O–H groups in total. The van der Waals surface area contributed by atoms with Crippen LogP contribution in [0.3, 0.4) is 0 Å². The Kier molecular flexibility index (Phi) is 5.99. The topological polar surface area (TPSA) is 162 Å². The van der Waals surface area contributed by atoms with Crippen molar-refractivity contribution in [1.29, 1.82) is 0 Å². The molecule has 0 aromatic carbocycles. The van der Waals surface area contributed by atoms with E-state index in [0.29, 0.717) is 0 Å². The van der Waals surface area contributed by atoms with Crippen molar-refractivity contribution in [3.05, 3.63) is 0 Å². The number of nitrogens with one attached hydrogen (secondary N) is 1. The van der Waals surface area contributed by atoms with Crippen LogP contribution in [0.4, 0.5) is 0 Å². The molecule has 6 atom stereocenters. The van der Waals surface area contributed by atoms with Crippen LogP contribution >= 0.6 is 0 Å². The number of carbonyl (C=O) groups is 2. The minimum Gasteiger partial charge on any atom is -0.394 e. The van der Waals surface area contributed by atoms with E-state index >= 15 is 0 Å². The summed E-state index contributed by atoms with van der Waals surface area (Å²) in [5.41, 5.74) is 5.42. The largest absolute Gasteiger partial charge is 0.394 e. The first-order chi connectivity index (χ1) is 9.27. The zero-order valence-electron chi connectivity index (χ0n) is 11.0. The smallest absolute Gasteiger partial charge is 0.224 e. The van der Waals surface area contributed by atoms with E-state index < -0.39 is 49.2 Å². The van der Waals surface area contributed by atoms with Crippen molar-refractivity contribution in [3.63, 3.8) is 0 Å². The first-order valence-corrected chi connectivity index (χ1v) is 6.13.